The summed E-state index contributed by atoms with van der Waals surface area (Å²) in [5, 5.41) is 1.02. The predicted octanol–water partition coefficient (Wildman–Crippen LogP) is 14.1. The summed E-state index contributed by atoms with van der Waals surface area (Å²) in [5.41, 5.74) is 12.4. The number of rotatable bonds is 8. The summed E-state index contributed by atoms with van der Waals surface area (Å²) >= 11 is 0. The van der Waals surface area contributed by atoms with E-state index < -0.39 is 0 Å². The van der Waals surface area contributed by atoms with Crippen molar-refractivity contribution in [2.45, 2.75) is 65.7 Å². The van der Waals surface area contributed by atoms with Gasteiger partial charge in [0.1, 0.15) is 5.82 Å². The van der Waals surface area contributed by atoms with Crippen LogP contribution >= 0.6 is 0 Å². The Labute approximate surface area is 396 Å². The minimum absolute atomic E-state index is 0. The van der Waals surface area contributed by atoms with Gasteiger partial charge in [0.15, 0.2) is 0 Å². The van der Waals surface area contributed by atoms with Gasteiger partial charge in [0.05, 0.1) is 22.2 Å². The summed E-state index contributed by atoms with van der Waals surface area (Å²) in [4.78, 5) is 4.67. The first-order valence-corrected chi connectivity index (χ1v) is 21.5. The fraction of sp³-hybridized carbons (Fsp3) is 0.172. The first kappa shape index (κ1) is 38.0. The zero-order valence-corrected chi connectivity index (χ0v) is 39.3. The molecule has 5 nitrogen and oxygen atoms in total. The maximum atomic E-state index is 8.98. The van der Waals surface area contributed by atoms with E-state index in [9.17, 15) is 0 Å². The Kier molecular flexibility index (Phi) is 10.0. The van der Waals surface area contributed by atoms with Crippen molar-refractivity contribution in [3.63, 3.8) is 0 Å². The molecule has 0 aliphatic carbocycles. The van der Waals surface area contributed by atoms with E-state index in [0.29, 0.717) is 39.1 Å². The molecule has 3 heterocycles. The zero-order chi connectivity index (χ0) is 46.9. The average Bonchev–Trinajstić information content (AvgIpc) is 3.88. The number of imidazole rings is 1. The van der Waals surface area contributed by atoms with Crippen molar-refractivity contribution in [3.05, 3.63) is 199 Å². The molecule has 0 N–H and O–H groups in total. The number of para-hydroxylation sites is 4. The molecule has 0 atom stereocenters. The molecular formula is C58H50N4OPt-2. The third-order valence-electron chi connectivity index (χ3n) is 11.8. The Morgan fingerprint density at radius 3 is 2.09 bits per heavy atom. The predicted molar refractivity (Wildman–Crippen MR) is 258 cm³/mol. The van der Waals surface area contributed by atoms with Gasteiger partial charge in [0.2, 0.25) is 0 Å². The molecule has 0 fully saturated rings. The molecule has 0 aliphatic heterocycles. The fourth-order valence-electron chi connectivity index (χ4n) is 8.38. The van der Waals surface area contributed by atoms with Crippen molar-refractivity contribution in [3.8, 4) is 50.9 Å². The molecule has 0 aliphatic rings. The van der Waals surface area contributed by atoms with Gasteiger partial charge in [-0.1, -0.05) is 163 Å². The molecule has 0 saturated heterocycles. The molecule has 3 aromatic heterocycles. The van der Waals surface area contributed by atoms with Gasteiger partial charge >= 0.3 is 0 Å². The topological polar surface area (TPSA) is 35.9 Å². The summed E-state index contributed by atoms with van der Waals surface area (Å²) in [6.45, 7) is 15.7. The Bertz CT molecular complexity index is 3530. The van der Waals surface area contributed by atoms with Crippen molar-refractivity contribution in [1.82, 2.24) is 14.1 Å². The van der Waals surface area contributed by atoms with Gasteiger partial charge in [-0.3, -0.25) is 4.57 Å². The van der Waals surface area contributed by atoms with Gasteiger partial charge in [-0.15, -0.1) is 29.7 Å². The van der Waals surface area contributed by atoms with E-state index in [-0.39, 0.29) is 56.1 Å². The Morgan fingerprint density at radius 2 is 1.34 bits per heavy atom. The second kappa shape index (κ2) is 16.9. The van der Waals surface area contributed by atoms with E-state index >= 15 is 0 Å². The van der Waals surface area contributed by atoms with Crippen LogP contribution in [0.25, 0.3) is 72.3 Å². The number of benzene rings is 7. The van der Waals surface area contributed by atoms with Gasteiger partial charge in [0, 0.05) is 44.3 Å². The molecule has 0 bridgehead atoms. The third kappa shape index (κ3) is 7.88. The van der Waals surface area contributed by atoms with Gasteiger partial charge in [-0.2, -0.15) is 18.2 Å². The standard InChI is InChI=1S/C58H50N4O.Pt/c1-8-39-30-31-59-55(32-39)62-51-25-13-12-22-49(51)50-29-28-46(37-54(50)62)63-45-21-16-20-44(36-45)60-38-61(53-27-15-14-26-52(53)60)56-47(40-18-10-9-11-19-40)23-17-24-48(56)41-33-42(57(2,3)4)35-43(34-41)58(5,6)7;/h9-35H,8H2,1-7H3;/q-2;/i12D,13D,22D,25D;. The minimum Gasteiger partial charge on any atom is -0.510 e. The fourth-order valence-corrected chi connectivity index (χ4v) is 8.38. The van der Waals surface area contributed by atoms with E-state index in [1.807, 2.05) is 53.1 Å². The van der Waals surface area contributed by atoms with E-state index in [0.717, 1.165) is 56.6 Å². The molecule has 0 spiro atoms. The van der Waals surface area contributed by atoms with E-state index in [4.69, 9.17) is 10.2 Å². The minimum atomic E-state index is -0.309. The molecule has 10 rings (SSSR count). The molecule has 0 unspecified atom stereocenters. The molecular weight excluding hydrogens is 964 g/mol. The Morgan fingerprint density at radius 1 is 0.656 bits per heavy atom. The summed E-state index contributed by atoms with van der Waals surface area (Å²) in [6.07, 6.45) is 6.27. The quantitative estimate of drug-likeness (QED) is 0.112. The smallest absolute Gasteiger partial charge is 0.268 e. The number of pyridine rings is 1. The molecule has 64 heavy (non-hydrogen) atoms. The molecule has 320 valence electrons. The number of aromatic nitrogens is 4. The first-order valence-electron chi connectivity index (χ1n) is 23.5. The Balaban J connectivity index is 0.00000578. The zero-order valence-electron chi connectivity index (χ0n) is 41.0. The summed E-state index contributed by atoms with van der Waals surface area (Å²) in [7, 11) is 0. The van der Waals surface area contributed by atoms with Crippen LogP contribution in [0.4, 0.5) is 0 Å². The largest absolute Gasteiger partial charge is 0.510 e. The normalized spacial score (nSPS) is 12.8. The number of fused-ring (bicyclic) bond motifs is 4. The number of aryl methyl sites for hydroxylation is 1. The first-order chi connectivity index (χ1) is 32.1. The van der Waals surface area contributed by atoms with Crippen LogP contribution in [0.15, 0.2) is 164 Å². The van der Waals surface area contributed by atoms with Crippen LogP contribution in [0.1, 0.15) is 70.6 Å². The second-order valence-corrected chi connectivity index (χ2v) is 18.1. The van der Waals surface area contributed by atoms with Crippen molar-refractivity contribution in [1.29, 1.82) is 0 Å². The number of ether oxygens (including phenoxy) is 1. The van der Waals surface area contributed by atoms with E-state index in [1.54, 1.807) is 16.8 Å². The maximum absolute atomic E-state index is 8.98. The molecule has 0 radical (unpaired) electrons. The monoisotopic (exact) mass is 1020 g/mol. The Hall–Kier alpha value is -6.55. The second-order valence-electron chi connectivity index (χ2n) is 18.1. The summed E-state index contributed by atoms with van der Waals surface area (Å²) in [5.74, 6) is 1.36. The number of nitrogens with zero attached hydrogens (tertiary/aromatic N) is 4. The van der Waals surface area contributed by atoms with Gasteiger partial charge < -0.3 is 13.9 Å². The van der Waals surface area contributed by atoms with Gasteiger partial charge in [0.25, 0.3) is 6.33 Å². The average molecular weight is 1020 g/mol. The van der Waals surface area contributed by atoms with Crippen LogP contribution in [0.5, 0.6) is 11.5 Å². The van der Waals surface area contributed by atoms with Crippen LogP contribution in [0, 0.1) is 18.5 Å². The van der Waals surface area contributed by atoms with Crippen LogP contribution in [0.2, 0.25) is 0 Å². The molecule has 0 saturated carbocycles. The molecule has 6 heteroatoms. The summed E-state index contributed by atoms with van der Waals surface area (Å²) in [6, 6.07) is 51.8. The van der Waals surface area contributed by atoms with Crippen LogP contribution < -0.4 is 9.30 Å². The van der Waals surface area contributed by atoms with Crippen molar-refractivity contribution in [2.24, 2.45) is 0 Å². The van der Waals surface area contributed by atoms with Gasteiger partial charge in [-0.25, -0.2) is 4.98 Å². The van der Waals surface area contributed by atoms with E-state index in [2.05, 4.69) is 155 Å². The van der Waals surface area contributed by atoms with Crippen LogP contribution in [-0.4, -0.2) is 14.1 Å². The third-order valence-corrected chi connectivity index (χ3v) is 11.8. The van der Waals surface area contributed by atoms with Crippen molar-refractivity contribution in [2.75, 3.05) is 0 Å². The van der Waals surface area contributed by atoms with E-state index in [1.165, 1.54) is 11.1 Å². The SMILES string of the molecule is [2H]c1c([2H])c([2H])c2c(c1[2H])c1ccc(Oc3[c-]c(-n4[c-][n+](-c5c(-c6ccccc6)cccc5-c5cc(C(C)(C)C)cc(C(C)(C)C)c5)c5ccccc54)ccc3)[c-]c1n2-c1cc(CC)ccn1.[Pt]. The van der Waals surface area contributed by atoms with Gasteiger partial charge in [-0.05, 0) is 85.4 Å². The van der Waals surface area contributed by atoms with Crippen molar-refractivity contribution < 1.29 is 35.9 Å². The van der Waals surface area contributed by atoms with Crippen molar-refractivity contribution >= 4 is 32.8 Å². The number of hydrogen-bond donors (Lipinski definition) is 0. The summed E-state index contributed by atoms with van der Waals surface area (Å²) < 4.78 is 47.5. The van der Waals surface area contributed by atoms with Crippen LogP contribution in [0.3, 0.4) is 0 Å². The number of hydrogen-bond acceptors (Lipinski definition) is 2. The molecule has 10 aromatic rings. The molecule has 0 amide bonds. The van der Waals surface area contributed by atoms with Crippen LogP contribution in [-0.2, 0) is 38.3 Å². The molecule has 7 aromatic carbocycles. The maximum Gasteiger partial charge on any atom is 0.268 e.